The molecule has 24 heavy (non-hydrogen) atoms. The molecule has 0 fully saturated rings. The van der Waals surface area contributed by atoms with Crippen molar-refractivity contribution in [3.05, 3.63) is 58.2 Å². The number of methoxy groups -OCH3 is 1. The Balaban J connectivity index is 1.87. The predicted octanol–water partition coefficient (Wildman–Crippen LogP) is 3.40. The highest BCUT2D eigenvalue weighted by molar-refractivity contribution is 7.10. The van der Waals surface area contributed by atoms with Gasteiger partial charge in [-0.2, -0.15) is 0 Å². The van der Waals surface area contributed by atoms with Crippen molar-refractivity contribution < 1.29 is 18.7 Å². The Kier molecular flexibility index (Phi) is 4.61. The van der Waals surface area contributed by atoms with Crippen LogP contribution in [-0.4, -0.2) is 24.0 Å². The molecule has 2 aromatic heterocycles. The summed E-state index contributed by atoms with van der Waals surface area (Å²) >= 11 is 1.44. The van der Waals surface area contributed by atoms with Crippen molar-refractivity contribution in [2.24, 2.45) is 0 Å². The minimum absolute atomic E-state index is 0.0273. The quantitative estimate of drug-likeness (QED) is 0.696. The van der Waals surface area contributed by atoms with Crippen LogP contribution in [0.25, 0.3) is 10.9 Å². The molecule has 1 atom stereocenters. The monoisotopic (exact) mass is 346 g/mol. The summed E-state index contributed by atoms with van der Waals surface area (Å²) in [7, 11) is 1.30. The summed E-state index contributed by atoms with van der Waals surface area (Å²) in [6.07, 6.45) is 1.56. The van der Waals surface area contributed by atoms with E-state index in [0.717, 1.165) is 4.88 Å². The lowest BCUT2D eigenvalue weighted by Gasteiger charge is -2.16. The molecule has 2 N–H and O–H groups in total. The lowest BCUT2D eigenvalue weighted by Crippen LogP contribution is -2.29. The first-order chi connectivity index (χ1) is 11.6. The third kappa shape index (κ3) is 3.30. The number of aromatic nitrogens is 1. The minimum Gasteiger partial charge on any atom is -0.469 e. The highest BCUT2D eigenvalue weighted by atomic mass is 32.1. The molecule has 5 nitrogen and oxygen atoms in total. The lowest BCUT2D eigenvalue weighted by atomic mass is 10.1. The maximum atomic E-state index is 13.5. The van der Waals surface area contributed by atoms with Crippen LogP contribution in [0, 0.1) is 5.82 Å². The Hall–Kier alpha value is -2.67. The van der Waals surface area contributed by atoms with E-state index >= 15 is 0 Å². The molecule has 2 heterocycles. The second kappa shape index (κ2) is 6.84. The van der Waals surface area contributed by atoms with E-state index < -0.39 is 17.8 Å². The first-order valence-electron chi connectivity index (χ1n) is 7.26. The topological polar surface area (TPSA) is 71.2 Å². The molecule has 1 aromatic carbocycles. The Labute approximate surface area is 141 Å². The fourth-order valence-electron chi connectivity index (χ4n) is 2.48. The maximum absolute atomic E-state index is 13.5. The van der Waals surface area contributed by atoms with Crippen LogP contribution in [0.3, 0.4) is 0 Å². The molecule has 124 valence electrons. The molecule has 0 aliphatic heterocycles. The Morgan fingerprint density at radius 3 is 2.92 bits per heavy atom. The standard InChI is InChI=1S/C17H15FN2O3S/c1-23-16(21)8-14(15-3-2-6-24-15)20-17(22)12-9-19-13-5-4-10(18)7-11(12)13/h2-7,9,14,19H,8H2,1H3,(H,20,22). The summed E-state index contributed by atoms with van der Waals surface area (Å²) in [5.74, 6) is -1.21. The summed E-state index contributed by atoms with van der Waals surface area (Å²) in [6, 6.07) is 7.40. The lowest BCUT2D eigenvalue weighted by molar-refractivity contribution is -0.141. The number of thiophene rings is 1. The van der Waals surface area contributed by atoms with Crippen LogP contribution < -0.4 is 5.32 Å². The molecule has 0 aliphatic carbocycles. The molecule has 1 amide bonds. The second-order valence-corrected chi connectivity index (χ2v) is 6.19. The maximum Gasteiger partial charge on any atom is 0.307 e. The first kappa shape index (κ1) is 16.2. The number of carbonyl (C=O) groups excluding carboxylic acids is 2. The second-order valence-electron chi connectivity index (χ2n) is 5.21. The van der Waals surface area contributed by atoms with Gasteiger partial charge in [-0.3, -0.25) is 9.59 Å². The van der Waals surface area contributed by atoms with E-state index in [9.17, 15) is 14.0 Å². The van der Waals surface area contributed by atoms with Crippen LogP contribution in [0.1, 0.15) is 27.7 Å². The van der Waals surface area contributed by atoms with Crippen molar-refractivity contribution in [1.82, 2.24) is 10.3 Å². The van der Waals surface area contributed by atoms with Gasteiger partial charge in [-0.1, -0.05) is 6.07 Å². The van der Waals surface area contributed by atoms with E-state index in [1.807, 2.05) is 17.5 Å². The summed E-state index contributed by atoms with van der Waals surface area (Å²) in [4.78, 5) is 28.0. The molecular formula is C17H15FN2O3S. The summed E-state index contributed by atoms with van der Waals surface area (Å²) in [6.45, 7) is 0. The van der Waals surface area contributed by atoms with Gasteiger partial charge in [0.1, 0.15) is 5.82 Å². The van der Waals surface area contributed by atoms with Crippen LogP contribution in [0.5, 0.6) is 0 Å². The van der Waals surface area contributed by atoms with Crippen LogP contribution in [0.4, 0.5) is 4.39 Å². The third-order valence-corrected chi connectivity index (χ3v) is 4.66. The smallest absolute Gasteiger partial charge is 0.307 e. The predicted molar refractivity (Wildman–Crippen MR) is 89.4 cm³/mol. The number of benzene rings is 1. The SMILES string of the molecule is COC(=O)CC(NC(=O)c1c[nH]c2ccc(F)cc12)c1cccs1. The number of hydrogen-bond acceptors (Lipinski definition) is 4. The van der Waals surface area contributed by atoms with Crippen LogP contribution in [0.2, 0.25) is 0 Å². The van der Waals surface area contributed by atoms with Gasteiger partial charge in [0.2, 0.25) is 0 Å². The largest absolute Gasteiger partial charge is 0.469 e. The number of esters is 1. The van der Waals surface area contributed by atoms with Gasteiger partial charge in [0.25, 0.3) is 5.91 Å². The van der Waals surface area contributed by atoms with E-state index in [0.29, 0.717) is 16.5 Å². The van der Waals surface area contributed by atoms with Crippen molar-refractivity contribution in [3.8, 4) is 0 Å². The number of aromatic amines is 1. The average Bonchev–Trinajstić information content (AvgIpc) is 3.23. The zero-order valence-corrected chi connectivity index (χ0v) is 13.7. The highest BCUT2D eigenvalue weighted by Gasteiger charge is 2.22. The van der Waals surface area contributed by atoms with Gasteiger partial charge in [0, 0.05) is 22.0 Å². The fourth-order valence-corrected chi connectivity index (χ4v) is 3.26. The van der Waals surface area contributed by atoms with Crippen LogP contribution in [0.15, 0.2) is 41.9 Å². The van der Waals surface area contributed by atoms with E-state index in [-0.39, 0.29) is 12.3 Å². The summed E-state index contributed by atoms with van der Waals surface area (Å²) in [5, 5.41) is 5.19. The fraction of sp³-hybridized carbons (Fsp3) is 0.176. The van der Waals surface area contributed by atoms with Gasteiger partial charge in [0.15, 0.2) is 0 Å². The number of ether oxygens (including phenoxy) is 1. The average molecular weight is 346 g/mol. The van der Waals surface area contributed by atoms with Crippen molar-refractivity contribution in [1.29, 1.82) is 0 Å². The third-order valence-electron chi connectivity index (χ3n) is 3.68. The van der Waals surface area contributed by atoms with Gasteiger partial charge in [-0.15, -0.1) is 11.3 Å². The number of nitrogens with one attached hydrogen (secondary N) is 2. The molecule has 0 radical (unpaired) electrons. The molecule has 0 spiro atoms. The first-order valence-corrected chi connectivity index (χ1v) is 8.14. The van der Waals surface area contributed by atoms with Crippen LogP contribution >= 0.6 is 11.3 Å². The number of H-pyrrole nitrogens is 1. The minimum atomic E-state index is -0.497. The number of amides is 1. The zero-order valence-electron chi connectivity index (χ0n) is 12.8. The van der Waals surface area contributed by atoms with E-state index in [2.05, 4.69) is 10.3 Å². The molecule has 1 unspecified atom stereocenters. The Morgan fingerprint density at radius 1 is 1.38 bits per heavy atom. The van der Waals surface area contributed by atoms with Crippen molar-refractivity contribution in [2.75, 3.05) is 7.11 Å². The number of rotatable bonds is 5. The summed E-state index contributed by atoms with van der Waals surface area (Å²) in [5.41, 5.74) is 0.998. The Bertz CT molecular complexity index is 873. The molecule has 3 aromatic rings. The molecule has 7 heteroatoms. The van der Waals surface area contributed by atoms with Gasteiger partial charge < -0.3 is 15.0 Å². The van der Waals surface area contributed by atoms with Crippen molar-refractivity contribution in [2.45, 2.75) is 12.5 Å². The van der Waals surface area contributed by atoms with Gasteiger partial charge in [-0.25, -0.2) is 4.39 Å². The molecule has 0 aliphatic rings. The van der Waals surface area contributed by atoms with Crippen molar-refractivity contribution in [3.63, 3.8) is 0 Å². The number of carbonyl (C=O) groups is 2. The van der Waals surface area contributed by atoms with Gasteiger partial charge >= 0.3 is 5.97 Å². The Morgan fingerprint density at radius 2 is 2.21 bits per heavy atom. The van der Waals surface area contributed by atoms with Gasteiger partial charge in [0.05, 0.1) is 25.1 Å². The van der Waals surface area contributed by atoms with Crippen LogP contribution in [-0.2, 0) is 9.53 Å². The highest BCUT2D eigenvalue weighted by Crippen LogP contribution is 2.25. The van der Waals surface area contributed by atoms with E-state index in [1.54, 1.807) is 6.07 Å². The molecule has 0 saturated carbocycles. The normalized spacial score (nSPS) is 12.1. The zero-order chi connectivity index (χ0) is 17.1. The number of hydrogen-bond donors (Lipinski definition) is 2. The van der Waals surface area contributed by atoms with E-state index in [1.165, 1.54) is 36.8 Å². The molecule has 0 saturated heterocycles. The number of fused-ring (bicyclic) bond motifs is 1. The molecular weight excluding hydrogens is 331 g/mol. The van der Waals surface area contributed by atoms with E-state index in [4.69, 9.17) is 4.74 Å². The summed E-state index contributed by atoms with van der Waals surface area (Å²) < 4.78 is 18.2. The number of halogens is 1. The molecule has 0 bridgehead atoms. The molecule has 3 rings (SSSR count). The van der Waals surface area contributed by atoms with Crippen molar-refractivity contribution >= 4 is 34.1 Å². The van der Waals surface area contributed by atoms with Gasteiger partial charge in [-0.05, 0) is 29.6 Å².